The number of hydrogen-bond donors (Lipinski definition) is 1. The van der Waals surface area contributed by atoms with Crippen molar-refractivity contribution in [1.29, 1.82) is 0 Å². The molecule has 2 N–H and O–H groups in total. The first-order valence-electron chi connectivity index (χ1n) is 7.04. The molecule has 2 heterocycles. The van der Waals surface area contributed by atoms with E-state index in [1.54, 1.807) is 0 Å². The topological polar surface area (TPSA) is 51.0 Å². The smallest absolute Gasteiger partial charge is 0.167 e. The summed E-state index contributed by atoms with van der Waals surface area (Å²) in [7, 11) is 2.18. The van der Waals surface area contributed by atoms with E-state index in [0.29, 0.717) is 13.2 Å². The average molecular weight is 257 g/mol. The van der Waals surface area contributed by atoms with Crippen LogP contribution in [0.1, 0.15) is 19.8 Å². The molecule has 5 nitrogen and oxygen atoms in total. The number of nitrogens with zero attached hydrogens (tertiary/aromatic N) is 2. The molecule has 2 saturated heterocycles. The van der Waals surface area contributed by atoms with Crippen LogP contribution < -0.4 is 5.73 Å². The van der Waals surface area contributed by atoms with E-state index in [9.17, 15) is 0 Å². The molecule has 0 aromatic rings. The lowest BCUT2D eigenvalue weighted by Gasteiger charge is -2.34. The lowest BCUT2D eigenvalue weighted by atomic mass is 10.2. The van der Waals surface area contributed by atoms with Gasteiger partial charge < -0.3 is 25.0 Å². The van der Waals surface area contributed by atoms with Gasteiger partial charge in [-0.2, -0.15) is 0 Å². The Morgan fingerprint density at radius 3 is 2.67 bits per heavy atom. The molecule has 5 heteroatoms. The molecule has 0 aromatic carbocycles. The van der Waals surface area contributed by atoms with Gasteiger partial charge in [-0.05, 0) is 26.9 Å². The van der Waals surface area contributed by atoms with E-state index in [1.165, 1.54) is 0 Å². The van der Waals surface area contributed by atoms with Crippen LogP contribution in [0.15, 0.2) is 0 Å². The van der Waals surface area contributed by atoms with Gasteiger partial charge in [0.2, 0.25) is 0 Å². The average Bonchev–Trinajstić information content (AvgIpc) is 2.72. The Hall–Kier alpha value is -0.200. The van der Waals surface area contributed by atoms with Gasteiger partial charge in [0.15, 0.2) is 5.79 Å². The summed E-state index contributed by atoms with van der Waals surface area (Å²) >= 11 is 0. The minimum atomic E-state index is -0.400. The van der Waals surface area contributed by atoms with Crippen LogP contribution in [0.2, 0.25) is 0 Å². The van der Waals surface area contributed by atoms with Crippen molar-refractivity contribution in [3.05, 3.63) is 0 Å². The van der Waals surface area contributed by atoms with Crippen LogP contribution in [0.5, 0.6) is 0 Å². The van der Waals surface area contributed by atoms with Crippen molar-refractivity contribution < 1.29 is 9.47 Å². The van der Waals surface area contributed by atoms with Crippen LogP contribution in [-0.2, 0) is 9.47 Å². The van der Waals surface area contributed by atoms with E-state index in [4.69, 9.17) is 15.2 Å². The fraction of sp³-hybridized carbons (Fsp3) is 1.00. The minimum Gasteiger partial charge on any atom is -0.347 e. The molecule has 0 radical (unpaired) electrons. The number of ether oxygens (including phenoxy) is 2. The zero-order valence-corrected chi connectivity index (χ0v) is 11.7. The van der Waals surface area contributed by atoms with Gasteiger partial charge in [0.1, 0.15) is 0 Å². The lowest BCUT2D eigenvalue weighted by Crippen LogP contribution is -2.46. The highest BCUT2D eigenvalue weighted by Crippen LogP contribution is 2.28. The summed E-state index contributed by atoms with van der Waals surface area (Å²) in [5, 5.41) is 0. The molecule has 0 spiro atoms. The van der Waals surface area contributed by atoms with Crippen molar-refractivity contribution in [2.24, 2.45) is 5.73 Å². The minimum absolute atomic E-state index is 0.187. The fourth-order valence-electron chi connectivity index (χ4n) is 2.58. The second kappa shape index (κ2) is 6.30. The Morgan fingerprint density at radius 2 is 2.00 bits per heavy atom. The fourth-order valence-corrected chi connectivity index (χ4v) is 2.58. The Morgan fingerprint density at radius 1 is 1.28 bits per heavy atom. The molecule has 106 valence electrons. The van der Waals surface area contributed by atoms with Gasteiger partial charge >= 0.3 is 0 Å². The Balaban J connectivity index is 1.70. The molecule has 2 aliphatic rings. The van der Waals surface area contributed by atoms with Crippen LogP contribution in [0.25, 0.3) is 0 Å². The third-order valence-corrected chi connectivity index (χ3v) is 3.96. The predicted octanol–water partition coefficient (Wildman–Crippen LogP) is 0.104. The van der Waals surface area contributed by atoms with Gasteiger partial charge in [-0.15, -0.1) is 0 Å². The van der Waals surface area contributed by atoms with Crippen molar-refractivity contribution in [2.75, 3.05) is 52.9 Å². The first-order valence-corrected chi connectivity index (χ1v) is 7.04. The molecule has 18 heavy (non-hydrogen) atoms. The second-order valence-electron chi connectivity index (χ2n) is 5.66. The normalized spacial score (nSPS) is 35.2. The van der Waals surface area contributed by atoms with Gasteiger partial charge in [0, 0.05) is 39.1 Å². The number of piperazine rings is 1. The van der Waals surface area contributed by atoms with Gasteiger partial charge in [-0.25, -0.2) is 0 Å². The van der Waals surface area contributed by atoms with Crippen LogP contribution in [0, 0.1) is 0 Å². The Labute approximate surface area is 110 Å². The van der Waals surface area contributed by atoms with Crippen LogP contribution in [0.3, 0.4) is 0 Å². The summed E-state index contributed by atoms with van der Waals surface area (Å²) in [6, 6.07) is 0. The highest BCUT2D eigenvalue weighted by molar-refractivity contribution is 4.78. The predicted molar refractivity (Wildman–Crippen MR) is 71.5 cm³/mol. The third kappa shape index (κ3) is 3.90. The highest BCUT2D eigenvalue weighted by atomic mass is 16.7. The molecular formula is C13H27N3O2. The van der Waals surface area contributed by atoms with Crippen molar-refractivity contribution in [2.45, 2.75) is 31.7 Å². The second-order valence-corrected chi connectivity index (χ2v) is 5.66. The van der Waals surface area contributed by atoms with E-state index >= 15 is 0 Å². The molecule has 2 unspecified atom stereocenters. The highest BCUT2D eigenvalue weighted by Gasteiger charge is 2.36. The maximum atomic E-state index is 5.96. The van der Waals surface area contributed by atoms with E-state index in [0.717, 1.165) is 45.6 Å². The van der Waals surface area contributed by atoms with E-state index in [-0.39, 0.29) is 6.10 Å². The van der Waals surface area contributed by atoms with Crippen molar-refractivity contribution >= 4 is 0 Å². The summed E-state index contributed by atoms with van der Waals surface area (Å²) in [5.41, 5.74) is 5.55. The zero-order valence-electron chi connectivity index (χ0n) is 11.7. The number of rotatable bonds is 5. The van der Waals surface area contributed by atoms with Gasteiger partial charge in [-0.1, -0.05) is 0 Å². The molecule has 0 saturated carbocycles. The molecule has 2 atom stereocenters. The maximum absolute atomic E-state index is 5.96. The third-order valence-electron chi connectivity index (χ3n) is 3.96. The molecule has 0 amide bonds. The molecule has 2 aliphatic heterocycles. The van der Waals surface area contributed by atoms with E-state index in [2.05, 4.69) is 23.8 Å². The first kappa shape index (κ1) is 14.2. The number of nitrogens with two attached hydrogens (primary N) is 1. The number of hydrogen-bond acceptors (Lipinski definition) is 5. The molecular weight excluding hydrogens is 230 g/mol. The maximum Gasteiger partial charge on any atom is 0.167 e. The molecule has 2 rings (SSSR count). The number of likely N-dealkylation sites (N-methyl/N-ethyl adjacent to an activating group) is 1. The Bertz CT molecular complexity index is 257. The standard InChI is InChI=1S/C13H27N3O2/c1-13(17-11-12(18-13)3-5-14)4-6-16-9-7-15(2)8-10-16/h12H,3-11,14H2,1-2H3. The van der Waals surface area contributed by atoms with Crippen LogP contribution >= 0.6 is 0 Å². The summed E-state index contributed by atoms with van der Waals surface area (Å²) in [4.78, 5) is 4.87. The van der Waals surface area contributed by atoms with Gasteiger partial charge in [0.25, 0.3) is 0 Å². The molecule has 0 aliphatic carbocycles. The molecule has 2 fully saturated rings. The quantitative estimate of drug-likeness (QED) is 0.757. The largest absolute Gasteiger partial charge is 0.347 e. The monoisotopic (exact) mass is 257 g/mol. The molecule has 0 aromatic heterocycles. The Kier molecular flexibility index (Phi) is 4.98. The summed E-state index contributed by atoms with van der Waals surface area (Å²) in [5.74, 6) is -0.400. The van der Waals surface area contributed by atoms with E-state index in [1.807, 2.05) is 0 Å². The van der Waals surface area contributed by atoms with Crippen molar-refractivity contribution in [3.63, 3.8) is 0 Å². The summed E-state index contributed by atoms with van der Waals surface area (Å²) < 4.78 is 11.8. The van der Waals surface area contributed by atoms with Crippen LogP contribution in [0.4, 0.5) is 0 Å². The van der Waals surface area contributed by atoms with Gasteiger partial charge in [0.05, 0.1) is 12.7 Å². The zero-order chi connectivity index (χ0) is 13.0. The summed E-state index contributed by atoms with van der Waals surface area (Å²) in [6.45, 7) is 9.10. The van der Waals surface area contributed by atoms with E-state index < -0.39 is 5.79 Å². The van der Waals surface area contributed by atoms with Crippen molar-refractivity contribution in [3.8, 4) is 0 Å². The molecule has 0 bridgehead atoms. The lowest BCUT2D eigenvalue weighted by molar-refractivity contribution is -0.161. The van der Waals surface area contributed by atoms with Crippen molar-refractivity contribution in [1.82, 2.24) is 9.80 Å². The van der Waals surface area contributed by atoms with Gasteiger partial charge in [-0.3, -0.25) is 0 Å². The van der Waals surface area contributed by atoms with Crippen LogP contribution in [-0.4, -0.2) is 74.6 Å². The first-order chi connectivity index (χ1) is 8.61. The SMILES string of the molecule is CN1CCN(CCC2(C)OCC(CCN)O2)CC1. The summed E-state index contributed by atoms with van der Waals surface area (Å²) in [6.07, 6.45) is 2.02.